The second-order valence-corrected chi connectivity index (χ2v) is 8.02. The maximum Gasteiger partial charge on any atom is -0.0355 e. The van der Waals surface area contributed by atoms with Gasteiger partial charge >= 0.3 is 0 Å². The van der Waals surface area contributed by atoms with Crippen LogP contribution in [0, 0.1) is 35.5 Å². The Morgan fingerprint density at radius 3 is 1.95 bits per heavy atom. The third-order valence-corrected chi connectivity index (χ3v) is 5.35. The van der Waals surface area contributed by atoms with Crippen LogP contribution in [0.5, 0.6) is 0 Å². The summed E-state index contributed by atoms with van der Waals surface area (Å²) < 4.78 is 0. The van der Waals surface area contributed by atoms with E-state index in [-0.39, 0.29) is 0 Å². The van der Waals surface area contributed by atoms with Crippen molar-refractivity contribution in [3.63, 3.8) is 0 Å². The zero-order valence-electron chi connectivity index (χ0n) is 14.4. The van der Waals surface area contributed by atoms with E-state index in [9.17, 15) is 0 Å². The summed E-state index contributed by atoms with van der Waals surface area (Å²) in [6, 6.07) is 0. The summed E-state index contributed by atoms with van der Waals surface area (Å²) in [5.41, 5.74) is 0. The molecule has 1 saturated carbocycles. The lowest BCUT2D eigenvalue weighted by atomic mass is 9.60. The standard InChI is InChI=1S/C19H38/c1-7-8-9-17(13-16(6)12-14(2)3)19-11-10-18(19)15(4)5/h14-19H,7-13H2,1-6H3. The third kappa shape index (κ3) is 5.48. The van der Waals surface area contributed by atoms with Crippen LogP contribution in [0.3, 0.4) is 0 Å². The summed E-state index contributed by atoms with van der Waals surface area (Å²) in [4.78, 5) is 0. The molecule has 0 heterocycles. The van der Waals surface area contributed by atoms with E-state index >= 15 is 0 Å². The molecule has 1 aliphatic carbocycles. The molecule has 0 N–H and O–H groups in total. The van der Waals surface area contributed by atoms with E-state index in [1.54, 1.807) is 0 Å². The highest BCUT2D eigenvalue weighted by molar-refractivity contribution is 4.88. The lowest BCUT2D eigenvalue weighted by Gasteiger charge is -2.45. The number of unbranched alkanes of at least 4 members (excludes halogenated alkanes) is 1. The molecule has 0 radical (unpaired) electrons. The van der Waals surface area contributed by atoms with Crippen LogP contribution in [0.4, 0.5) is 0 Å². The molecule has 0 aromatic carbocycles. The van der Waals surface area contributed by atoms with Gasteiger partial charge < -0.3 is 0 Å². The van der Waals surface area contributed by atoms with E-state index in [1.807, 2.05) is 0 Å². The molecule has 0 aromatic rings. The van der Waals surface area contributed by atoms with Crippen LogP contribution in [0.2, 0.25) is 0 Å². The van der Waals surface area contributed by atoms with Crippen LogP contribution >= 0.6 is 0 Å². The minimum Gasteiger partial charge on any atom is -0.0654 e. The van der Waals surface area contributed by atoms with Gasteiger partial charge in [-0.1, -0.05) is 60.8 Å². The van der Waals surface area contributed by atoms with E-state index < -0.39 is 0 Å². The van der Waals surface area contributed by atoms with Gasteiger partial charge in [0, 0.05) is 0 Å². The van der Waals surface area contributed by atoms with Gasteiger partial charge in [0.15, 0.2) is 0 Å². The molecule has 0 saturated heterocycles. The predicted molar refractivity (Wildman–Crippen MR) is 87.3 cm³/mol. The molecule has 1 fully saturated rings. The normalized spacial score (nSPS) is 26.5. The van der Waals surface area contributed by atoms with Gasteiger partial charge in [-0.05, 0) is 61.2 Å². The van der Waals surface area contributed by atoms with Crippen molar-refractivity contribution in [2.24, 2.45) is 35.5 Å². The van der Waals surface area contributed by atoms with Gasteiger partial charge in [-0.3, -0.25) is 0 Å². The molecular formula is C19H38. The zero-order valence-corrected chi connectivity index (χ0v) is 14.4. The molecule has 0 aromatic heterocycles. The Bertz CT molecular complexity index is 228. The Morgan fingerprint density at radius 1 is 0.895 bits per heavy atom. The number of hydrogen-bond acceptors (Lipinski definition) is 0. The van der Waals surface area contributed by atoms with Gasteiger partial charge in [-0.25, -0.2) is 0 Å². The highest BCUT2D eigenvalue weighted by Crippen LogP contribution is 2.47. The van der Waals surface area contributed by atoms with Crippen molar-refractivity contribution in [1.82, 2.24) is 0 Å². The van der Waals surface area contributed by atoms with Crippen molar-refractivity contribution in [2.75, 3.05) is 0 Å². The van der Waals surface area contributed by atoms with Crippen molar-refractivity contribution in [3.05, 3.63) is 0 Å². The average molecular weight is 267 g/mol. The highest BCUT2D eigenvalue weighted by atomic mass is 14.4. The summed E-state index contributed by atoms with van der Waals surface area (Å²) in [6.07, 6.45) is 10.2. The van der Waals surface area contributed by atoms with Crippen molar-refractivity contribution in [1.29, 1.82) is 0 Å². The molecule has 0 amide bonds. The van der Waals surface area contributed by atoms with Gasteiger partial charge in [0.05, 0.1) is 0 Å². The third-order valence-electron chi connectivity index (χ3n) is 5.35. The predicted octanol–water partition coefficient (Wildman–Crippen LogP) is 6.55. The fourth-order valence-corrected chi connectivity index (χ4v) is 4.36. The molecule has 1 aliphatic rings. The molecule has 1 rings (SSSR count). The van der Waals surface area contributed by atoms with E-state index in [1.165, 1.54) is 44.9 Å². The smallest absolute Gasteiger partial charge is 0.0355 e. The lowest BCUT2D eigenvalue weighted by Crippen LogP contribution is -2.36. The molecular weight excluding hydrogens is 228 g/mol. The van der Waals surface area contributed by atoms with Crippen LogP contribution in [-0.4, -0.2) is 0 Å². The summed E-state index contributed by atoms with van der Waals surface area (Å²) in [5, 5.41) is 0. The maximum absolute atomic E-state index is 2.49. The Morgan fingerprint density at radius 2 is 1.53 bits per heavy atom. The number of hydrogen-bond donors (Lipinski definition) is 0. The lowest BCUT2D eigenvalue weighted by molar-refractivity contribution is 0.0465. The Balaban J connectivity index is 2.51. The SMILES string of the molecule is CCCCC(CC(C)CC(C)C)C1CCC1C(C)C. The topological polar surface area (TPSA) is 0 Å². The molecule has 19 heavy (non-hydrogen) atoms. The molecule has 0 nitrogen and oxygen atoms in total. The number of rotatable bonds is 9. The van der Waals surface area contributed by atoms with E-state index in [4.69, 9.17) is 0 Å². The van der Waals surface area contributed by atoms with Gasteiger partial charge in [0.25, 0.3) is 0 Å². The Labute approximate surface area is 122 Å². The van der Waals surface area contributed by atoms with Crippen molar-refractivity contribution in [3.8, 4) is 0 Å². The Kier molecular flexibility index (Phi) is 7.47. The van der Waals surface area contributed by atoms with Gasteiger partial charge in [0.2, 0.25) is 0 Å². The quantitative estimate of drug-likeness (QED) is 0.444. The Hall–Kier alpha value is 0. The first kappa shape index (κ1) is 17.1. The minimum absolute atomic E-state index is 0.865. The molecule has 114 valence electrons. The first-order valence-electron chi connectivity index (χ1n) is 8.95. The first-order valence-corrected chi connectivity index (χ1v) is 8.95. The second kappa shape index (κ2) is 8.32. The van der Waals surface area contributed by atoms with Crippen LogP contribution < -0.4 is 0 Å². The molecule has 4 unspecified atom stereocenters. The highest BCUT2D eigenvalue weighted by Gasteiger charge is 2.38. The zero-order chi connectivity index (χ0) is 14.4. The monoisotopic (exact) mass is 266 g/mol. The van der Waals surface area contributed by atoms with Crippen LogP contribution in [-0.2, 0) is 0 Å². The fraction of sp³-hybridized carbons (Fsp3) is 1.00. The molecule has 0 heteroatoms. The average Bonchev–Trinajstić information content (AvgIpc) is 2.21. The van der Waals surface area contributed by atoms with Crippen LogP contribution in [0.1, 0.15) is 86.5 Å². The van der Waals surface area contributed by atoms with E-state index in [2.05, 4.69) is 41.5 Å². The van der Waals surface area contributed by atoms with Gasteiger partial charge in [0.1, 0.15) is 0 Å². The molecule has 4 atom stereocenters. The van der Waals surface area contributed by atoms with Gasteiger partial charge in [-0.15, -0.1) is 0 Å². The van der Waals surface area contributed by atoms with Crippen LogP contribution in [0.25, 0.3) is 0 Å². The molecule has 0 spiro atoms. The van der Waals surface area contributed by atoms with Crippen molar-refractivity contribution < 1.29 is 0 Å². The minimum atomic E-state index is 0.865. The van der Waals surface area contributed by atoms with E-state index in [0.717, 1.165) is 35.5 Å². The van der Waals surface area contributed by atoms with Crippen molar-refractivity contribution >= 4 is 0 Å². The van der Waals surface area contributed by atoms with Gasteiger partial charge in [-0.2, -0.15) is 0 Å². The molecule has 0 bridgehead atoms. The summed E-state index contributed by atoms with van der Waals surface area (Å²) in [6.45, 7) is 14.4. The van der Waals surface area contributed by atoms with Crippen LogP contribution in [0.15, 0.2) is 0 Å². The second-order valence-electron chi connectivity index (χ2n) is 8.02. The maximum atomic E-state index is 2.49. The molecule has 0 aliphatic heterocycles. The summed E-state index contributed by atoms with van der Waals surface area (Å²) in [7, 11) is 0. The fourth-order valence-electron chi connectivity index (χ4n) is 4.36. The first-order chi connectivity index (χ1) is 8.95. The summed E-state index contributed by atoms with van der Waals surface area (Å²) in [5.74, 6) is 5.81. The largest absolute Gasteiger partial charge is 0.0654 e. The van der Waals surface area contributed by atoms with E-state index in [0.29, 0.717) is 0 Å². The summed E-state index contributed by atoms with van der Waals surface area (Å²) >= 11 is 0. The van der Waals surface area contributed by atoms with Crippen molar-refractivity contribution in [2.45, 2.75) is 86.5 Å².